The zero-order valence-electron chi connectivity index (χ0n) is 21.5. The Balaban J connectivity index is 3.19. The molecule has 0 aliphatic carbocycles. The lowest BCUT2D eigenvalue weighted by atomic mass is 10.0. The molecule has 1 N–H and O–H groups in total. The summed E-state index contributed by atoms with van der Waals surface area (Å²) >= 11 is 5.09. The van der Waals surface area contributed by atoms with Crippen molar-refractivity contribution in [3.63, 3.8) is 0 Å². The van der Waals surface area contributed by atoms with Crippen LogP contribution in [0.4, 0.5) is 0 Å². The Bertz CT molecular complexity index is 425. The molecule has 0 aromatic rings. The normalized spacial score (nSPS) is 12.1. The van der Waals surface area contributed by atoms with Crippen molar-refractivity contribution in [1.82, 2.24) is 0 Å². The van der Waals surface area contributed by atoms with Crippen molar-refractivity contribution in [2.45, 2.75) is 168 Å². The van der Waals surface area contributed by atoms with Crippen LogP contribution in [0.3, 0.4) is 0 Å². The fourth-order valence-corrected chi connectivity index (χ4v) is 4.50. The minimum absolute atomic E-state index is 0.0604. The number of ether oxygens (including phenoxy) is 1. The number of carboxylic acid groups (broad SMARTS) is 1. The molecule has 1 atom stereocenters. The molecule has 0 saturated heterocycles. The largest absolute Gasteiger partial charge is 0.484 e. The molecular weight excluding hydrogens is 416 g/mol. The van der Waals surface area contributed by atoms with Gasteiger partial charge >= 0.3 is 5.97 Å². The van der Waals surface area contributed by atoms with Gasteiger partial charge in [0.15, 0.2) is 5.05 Å². The lowest BCUT2D eigenvalue weighted by Crippen LogP contribution is -2.14. The van der Waals surface area contributed by atoms with Crippen LogP contribution in [0.15, 0.2) is 0 Å². The molecule has 0 fully saturated rings. The average Bonchev–Trinajstić information content (AvgIpc) is 2.76. The van der Waals surface area contributed by atoms with Gasteiger partial charge in [0.1, 0.15) is 0 Å². The molecule has 32 heavy (non-hydrogen) atoms. The lowest BCUT2D eigenvalue weighted by molar-refractivity contribution is -0.136. The van der Waals surface area contributed by atoms with Crippen LogP contribution >= 0.6 is 12.2 Å². The molecule has 0 radical (unpaired) electrons. The molecule has 0 aromatic heterocycles. The Hall–Kier alpha value is -0.640. The number of carbonyl (C=O) groups is 1. The molecule has 0 spiro atoms. The van der Waals surface area contributed by atoms with Crippen molar-refractivity contribution in [3.8, 4) is 0 Å². The number of hydrogen-bond acceptors (Lipinski definition) is 3. The molecule has 1 unspecified atom stereocenters. The van der Waals surface area contributed by atoms with E-state index >= 15 is 0 Å². The van der Waals surface area contributed by atoms with Gasteiger partial charge in [0.2, 0.25) is 0 Å². The highest BCUT2D eigenvalue weighted by atomic mass is 32.1. The van der Waals surface area contributed by atoms with Gasteiger partial charge in [-0.05, 0) is 32.0 Å². The van der Waals surface area contributed by atoms with E-state index in [1.165, 1.54) is 128 Å². The van der Waals surface area contributed by atoms with Crippen LogP contribution in [0.2, 0.25) is 0 Å². The summed E-state index contributed by atoms with van der Waals surface area (Å²) in [6.07, 6.45) is 29.5. The van der Waals surface area contributed by atoms with Crippen LogP contribution in [0, 0.1) is 0 Å². The molecule has 0 bridgehead atoms. The van der Waals surface area contributed by atoms with Gasteiger partial charge in [-0.15, -0.1) is 0 Å². The number of aliphatic carboxylic acids is 1. The predicted octanol–water partition coefficient (Wildman–Crippen LogP) is 9.80. The minimum Gasteiger partial charge on any atom is -0.484 e. The number of carboxylic acids is 1. The second kappa shape index (κ2) is 25.0. The van der Waals surface area contributed by atoms with Crippen molar-refractivity contribution in [3.05, 3.63) is 0 Å². The molecule has 0 rings (SSSR count). The third kappa shape index (κ3) is 25.6. The third-order valence-corrected chi connectivity index (χ3v) is 6.64. The molecule has 0 aliphatic rings. The van der Waals surface area contributed by atoms with Crippen LogP contribution < -0.4 is 0 Å². The number of thiocarbonyl (C=S) groups is 1. The summed E-state index contributed by atoms with van der Waals surface area (Å²) in [5, 5.41) is 9.10. The molecule has 0 aliphatic heterocycles. The van der Waals surface area contributed by atoms with Gasteiger partial charge < -0.3 is 9.84 Å². The van der Waals surface area contributed by atoms with Gasteiger partial charge in [-0.25, -0.2) is 0 Å². The summed E-state index contributed by atoms with van der Waals surface area (Å²) in [5.74, 6) is -0.822. The van der Waals surface area contributed by atoms with E-state index < -0.39 is 5.97 Å². The number of hydrogen-bond donors (Lipinski definition) is 1. The van der Waals surface area contributed by atoms with Crippen molar-refractivity contribution in [2.24, 2.45) is 0 Å². The molecule has 190 valence electrons. The van der Waals surface area contributed by atoms with Gasteiger partial charge in [-0.1, -0.05) is 129 Å². The maximum Gasteiger partial charge on any atom is 0.303 e. The monoisotopic (exact) mass is 470 g/mol. The highest BCUT2D eigenvalue weighted by molar-refractivity contribution is 7.80. The number of unbranched alkanes of at least 4 members (excludes halogenated alkanes) is 19. The highest BCUT2D eigenvalue weighted by Crippen LogP contribution is 2.15. The number of rotatable bonds is 25. The highest BCUT2D eigenvalue weighted by Gasteiger charge is 2.08. The standard InChI is InChI=1S/C28H54O3S/c1-3-4-5-6-7-8-9-10-11-12-13-14-15-16-17-18-19-20-21-22-23-26(2)31-28(32)25-24-27(29)30/h26H,3-25H2,1-2H3,(H,29,30). The van der Waals surface area contributed by atoms with Crippen molar-refractivity contribution >= 4 is 23.2 Å². The molecular formula is C28H54O3S. The predicted molar refractivity (Wildman–Crippen MR) is 143 cm³/mol. The Morgan fingerprint density at radius 2 is 1.00 bits per heavy atom. The lowest BCUT2D eigenvalue weighted by Gasteiger charge is -2.14. The fraction of sp³-hybridized carbons (Fsp3) is 0.929. The summed E-state index contributed by atoms with van der Waals surface area (Å²) in [4.78, 5) is 10.5. The zero-order valence-corrected chi connectivity index (χ0v) is 22.3. The topological polar surface area (TPSA) is 46.5 Å². The first kappa shape index (κ1) is 31.4. The third-order valence-electron chi connectivity index (χ3n) is 6.34. The van der Waals surface area contributed by atoms with E-state index in [2.05, 4.69) is 6.92 Å². The summed E-state index contributed by atoms with van der Waals surface area (Å²) in [5.41, 5.74) is 0. The van der Waals surface area contributed by atoms with Crippen LogP contribution in [-0.2, 0) is 9.53 Å². The van der Waals surface area contributed by atoms with Gasteiger partial charge in [0.25, 0.3) is 0 Å². The SMILES string of the molecule is CCCCCCCCCCCCCCCCCCCCCCC(C)OC(=S)CCC(=O)O. The Labute approximate surface area is 205 Å². The quantitative estimate of drug-likeness (QED) is 0.106. The summed E-state index contributed by atoms with van der Waals surface area (Å²) in [6, 6.07) is 0. The van der Waals surface area contributed by atoms with E-state index in [1.807, 2.05) is 6.92 Å². The van der Waals surface area contributed by atoms with E-state index in [4.69, 9.17) is 22.1 Å². The van der Waals surface area contributed by atoms with Crippen LogP contribution in [0.1, 0.15) is 162 Å². The summed E-state index contributed by atoms with van der Waals surface area (Å²) < 4.78 is 5.61. The van der Waals surface area contributed by atoms with E-state index in [1.54, 1.807) is 0 Å². The molecule has 0 saturated carbocycles. The second-order valence-electron chi connectivity index (χ2n) is 9.70. The van der Waals surface area contributed by atoms with Gasteiger partial charge in [0.05, 0.1) is 12.5 Å². The van der Waals surface area contributed by atoms with Crippen LogP contribution in [-0.4, -0.2) is 22.2 Å². The van der Waals surface area contributed by atoms with Crippen molar-refractivity contribution in [2.75, 3.05) is 0 Å². The molecule has 0 amide bonds. The summed E-state index contributed by atoms with van der Waals surface area (Å²) in [6.45, 7) is 4.32. The Morgan fingerprint density at radius 1 is 0.656 bits per heavy atom. The molecule has 0 heterocycles. The Kier molecular flexibility index (Phi) is 24.5. The first-order chi connectivity index (χ1) is 15.6. The van der Waals surface area contributed by atoms with Crippen LogP contribution in [0.25, 0.3) is 0 Å². The fourth-order valence-electron chi connectivity index (χ4n) is 4.24. The van der Waals surface area contributed by atoms with E-state index in [-0.39, 0.29) is 12.5 Å². The van der Waals surface area contributed by atoms with E-state index in [0.29, 0.717) is 11.5 Å². The van der Waals surface area contributed by atoms with Crippen molar-refractivity contribution < 1.29 is 14.6 Å². The van der Waals surface area contributed by atoms with E-state index in [9.17, 15) is 4.79 Å². The molecule has 0 aromatic carbocycles. The second-order valence-corrected chi connectivity index (χ2v) is 10.2. The van der Waals surface area contributed by atoms with Crippen molar-refractivity contribution in [1.29, 1.82) is 0 Å². The van der Waals surface area contributed by atoms with Gasteiger partial charge in [-0.2, -0.15) is 0 Å². The van der Waals surface area contributed by atoms with E-state index in [0.717, 1.165) is 6.42 Å². The summed E-state index contributed by atoms with van der Waals surface area (Å²) in [7, 11) is 0. The molecule has 3 nitrogen and oxygen atoms in total. The zero-order chi connectivity index (χ0) is 23.7. The maximum absolute atomic E-state index is 10.5. The first-order valence-electron chi connectivity index (χ1n) is 14.0. The first-order valence-corrected chi connectivity index (χ1v) is 14.4. The smallest absolute Gasteiger partial charge is 0.303 e. The minimum atomic E-state index is -0.822. The van der Waals surface area contributed by atoms with Gasteiger partial charge in [0, 0.05) is 6.42 Å². The maximum atomic E-state index is 10.5. The average molecular weight is 471 g/mol. The van der Waals surface area contributed by atoms with Gasteiger partial charge in [-0.3, -0.25) is 4.79 Å². The molecule has 4 heteroatoms. The Morgan fingerprint density at radius 3 is 1.34 bits per heavy atom. The van der Waals surface area contributed by atoms with Crippen LogP contribution in [0.5, 0.6) is 0 Å².